The second-order valence-electron chi connectivity index (χ2n) is 7.84. The quantitative estimate of drug-likeness (QED) is 0.710. The summed E-state index contributed by atoms with van der Waals surface area (Å²) in [5.41, 5.74) is 5.05. The van der Waals surface area contributed by atoms with Crippen LogP contribution < -0.4 is 11.4 Å². The van der Waals surface area contributed by atoms with Gasteiger partial charge < -0.3 is 19.9 Å². The predicted molar refractivity (Wildman–Crippen MR) is 103 cm³/mol. The van der Waals surface area contributed by atoms with E-state index >= 15 is 0 Å². The number of nitrogens with zero attached hydrogens (tertiary/aromatic N) is 2. The maximum absolute atomic E-state index is 12.7. The molecule has 0 spiro atoms. The van der Waals surface area contributed by atoms with Crippen LogP contribution in [0.2, 0.25) is 0 Å². The number of anilines is 1. The average molecular weight is 393 g/mol. The first-order valence-corrected chi connectivity index (χ1v) is 10.3. The Kier molecular flexibility index (Phi) is 7.07. The third-order valence-corrected chi connectivity index (χ3v) is 5.62. The first-order valence-electron chi connectivity index (χ1n) is 10.3. The fourth-order valence-electron chi connectivity index (χ4n) is 4.00. The Bertz CT molecular complexity index is 716. The second-order valence-corrected chi connectivity index (χ2v) is 7.84. The summed E-state index contributed by atoms with van der Waals surface area (Å²) in [6, 6.07) is 1.54. The zero-order valence-corrected chi connectivity index (χ0v) is 16.7. The summed E-state index contributed by atoms with van der Waals surface area (Å²) in [4.78, 5) is 28.5. The Labute approximate surface area is 165 Å². The third kappa shape index (κ3) is 4.91. The molecule has 1 saturated carbocycles. The summed E-state index contributed by atoms with van der Waals surface area (Å²) in [5, 5.41) is 0. The molecule has 2 N–H and O–H groups in total. The highest BCUT2D eigenvalue weighted by atomic mass is 16.7. The monoisotopic (exact) mass is 393 g/mol. The molecule has 0 radical (unpaired) electrons. The summed E-state index contributed by atoms with van der Waals surface area (Å²) in [6.45, 7) is 4.32. The van der Waals surface area contributed by atoms with Crippen molar-refractivity contribution in [3.05, 3.63) is 22.7 Å². The molecule has 28 heavy (non-hydrogen) atoms. The van der Waals surface area contributed by atoms with E-state index in [1.165, 1.54) is 11.0 Å². The molecular formula is C20H31N3O5. The third-order valence-electron chi connectivity index (χ3n) is 5.62. The molecule has 3 rings (SSSR count). The van der Waals surface area contributed by atoms with Gasteiger partial charge in [0.25, 0.3) is 0 Å². The smallest absolute Gasteiger partial charge is 0.351 e. The van der Waals surface area contributed by atoms with Crippen molar-refractivity contribution in [3.63, 3.8) is 0 Å². The molecule has 156 valence electrons. The van der Waals surface area contributed by atoms with Crippen LogP contribution in [0.1, 0.15) is 65.0 Å². The molecule has 8 heteroatoms. The number of hydrogen-bond donors (Lipinski definition) is 1. The molecule has 0 bridgehead atoms. The molecule has 0 aromatic carbocycles. The predicted octanol–water partition coefficient (Wildman–Crippen LogP) is 2.63. The van der Waals surface area contributed by atoms with Gasteiger partial charge in [0.05, 0.1) is 12.5 Å². The van der Waals surface area contributed by atoms with E-state index in [2.05, 4.69) is 11.9 Å². The zero-order valence-electron chi connectivity index (χ0n) is 16.7. The Balaban J connectivity index is 1.69. The first-order chi connectivity index (χ1) is 13.5. The number of esters is 1. The Morgan fingerprint density at radius 2 is 2.14 bits per heavy atom. The van der Waals surface area contributed by atoms with Crippen LogP contribution in [0.15, 0.2) is 17.1 Å². The molecule has 4 atom stereocenters. The topological polar surface area (TPSA) is 106 Å². The fraction of sp³-hybridized carbons (Fsp3) is 0.750. The number of hydrogen-bond acceptors (Lipinski definition) is 7. The summed E-state index contributed by atoms with van der Waals surface area (Å²) >= 11 is 0. The lowest BCUT2D eigenvalue weighted by atomic mass is 9.89. The van der Waals surface area contributed by atoms with E-state index in [1.807, 2.05) is 6.92 Å². The van der Waals surface area contributed by atoms with Crippen LogP contribution in [0, 0.1) is 11.8 Å². The van der Waals surface area contributed by atoms with Crippen LogP contribution in [0.5, 0.6) is 0 Å². The van der Waals surface area contributed by atoms with Gasteiger partial charge in [-0.1, -0.05) is 39.5 Å². The molecule has 1 aliphatic carbocycles. The van der Waals surface area contributed by atoms with E-state index in [-0.39, 0.29) is 30.2 Å². The van der Waals surface area contributed by atoms with Gasteiger partial charge >= 0.3 is 11.7 Å². The van der Waals surface area contributed by atoms with Crippen LogP contribution in [0.4, 0.5) is 5.82 Å². The van der Waals surface area contributed by atoms with E-state index in [1.54, 1.807) is 12.3 Å². The van der Waals surface area contributed by atoms with Crippen molar-refractivity contribution in [2.45, 2.75) is 77.4 Å². The molecule has 0 amide bonds. The van der Waals surface area contributed by atoms with Crippen LogP contribution in [-0.2, 0) is 19.0 Å². The molecule has 1 aliphatic heterocycles. The minimum atomic E-state index is -0.705. The molecule has 2 heterocycles. The number of nitrogen functional groups attached to an aromatic ring is 1. The molecule has 1 aromatic rings. The number of nitrogens with two attached hydrogens (primary N) is 1. The molecular weight excluding hydrogens is 362 g/mol. The van der Waals surface area contributed by atoms with Gasteiger partial charge in [0.15, 0.2) is 18.6 Å². The van der Waals surface area contributed by atoms with Crippen LogP contribution >= 0.6 is 0 Å². The summed E-state index contributed by atoms with van der Waals surface area (Å²) in [5.74, 6) is 0.0518. The molecule has 2 aliphatic rings. The van der Waals surface area contributed by atoms with E-state index < -0.39 is 24.3 Å². The highest BCUT2D eigenvalue weighted by molar-refractivity contribution is 5.72. The van der Waals surface area contributed by atoms with Crippen LogP contribution in [0.25, 0.3) is 0 Å². The molecule has 4 unspecified atom stereocenters. The van der Waals surface area contributed by atoms with Crippen molar-refractivity contribution in [3.8, 4) is 0 Å². The Morgan fingerprint density at radius 3 is 2.82 bits per heavy atom. The van der Waals surface area contributed by atoms with Gasteiger partial charge in [0, 0.05) is 6.20 Å². The van der Waals surface area contributed by atoms with Crippen molar-refractivity contribution < 1.29 is 19.0 Å². The van der Waals surface area contributed by atoms with Gasteiger partial charge in [-0.2, -0.15) is 4.98 Å². The minimum Gasteiger partial charge on any atom is -0.456 e. The SMILES string of the molecule is CCCC(C)C(OC(=O)C1CCCCC1)C1OCC(n2ccc(N)nc2=O)O1. The van der Waals surface area contributed by atoms with Crippen molar-refractivity contribution in [1.82, 2.24) is 9.55 Å². The number of rotatable bonds is 7. The lowest BCUT2D eigenvalue weighted by Crippen LogP contribution is -2.40. The van der Waals surface area contributed by atoms with Crippen molar-refractivity contribution in [1.29, 1.82) is 0 Å². The Hall–Kier alpha value is -1.93. The zero-order chi connectivity index (χ0) is 20.1. The summed E-state index contributed by atoms with van der Waals surface area (Å²) < 4.78 is 19.0. The normalized spacial score (nSPS) is 25.4. The lowest BCUT2D eigenvalue weighted by molar-refractivity contribution is -0.193. The second kappa shape index (κ2) is 9.52. The van der Waals surface area contributed by atoms with Gasteiger partial charge in [-0.15, -0.1) is 0 Å². The van der Waals surface area contributed by atoms with Crippen molar-refractivity contribution >= 4 is 11.8 Å². The molecule has 2 fully saturated rings. The highest BCUT2D eigenvalue weighted by Gasteiger charge is 2.40. The molecule has 1 aromatic heterocycles. The number of ether oxygens (including phenoxy) is 3. The maximum atomic E-state index is 12.7. The van der Waals surface area contributed by atoms with E-state index in [9.17, 15) is 9.59 Å². The summed E-state index contributed by atoms with van der Waals surface area (Å²) in [7, 11) is 0. The van der Waals surface area contributed by atoms with E-state index in [0.29, 0.717) is 0 Å². The van der Waals surface area contributed by atoms with Crippen LogP contribution in [-0.4, -0.2) is 34.5 Å². The number of carbonyl (C=O) groups is 1. The first kappa shape index (κ1) is 20.8. The van der Waals surface area contributed by atoms with Gasteiger partial charge in [-0.3, -0.25) is 9.36 Å². The van der Waals surface area contributed by atoms with Crippen molar-refractivity contribution in [2.24, 2.45) is 11.8 Å². The minimum absolute atomic E-state index is 0.0359. The van der Waals surface area contributed by atoms with Gasteiger partial charge in [-0.05, 0) is 31.2 Å². The van der Waals surface area contributed by atoms with Gasteiger partial charge in [-0.25, -0.2) is 4.79 Å². The van der Waals surface area contributed by atoms with E-state index in [0.717, 1.165) is 38.5 Å². The van der Waals surface area contributed by atoms with Gasteiger partial charge in [0.1, 0.15) is 5.82 Å². The molecule has 8 nitrogen and oxygen atoms in total. The largest absolute Gasteiger partial charge is 0.456 e. The van der Waals surface area contributed by atoms with Crippen LogP contribution in [0.3, 0.4) is 0 Å². The number of carbonyl (C=O) groups excluding carboxylic acids is 1. The van der Waals surface area contributed by atoms with Crippen molar-refractivity contribution in [2.75, 3.05) is 12.3 Å². The Morgan fingerprint density at radius 1 is 1.39 bits per heavy atom. The fourth-order valence-corrected chi connectivity index (χ4v) is 4.00. The lowest BCUT2D eigenvalue weighted by Gasteiger charge is -2.30. The highest BCUT2D eigenvalue weighted by Crippen LogP contribution is 2.31. The van der Waals surface area contributed by atoms with Gasteiger partial charge in [0.2, 0.25) is 0 Å². The maximum Gasteiger partial charge on any atom is 0.351 e. The number of aromatic nitrogens is 2. The average Bonchev–Trinajstić information content (AvgIpc) is 3.16. The standard InChI is InChI=1S/C20H31N3O5/c1-3-7-13(2)17(28-18(24)14-8-5-4-6-9-14)19-26-12-16(27-19)23-11-10-15(21)22-20(23)25/h10-11,13-14,16-17,19H,3-9,12H2,1-2H3,(H2,21,22,25). The summed E-state index contributed by atoms with van der Waals surface area (Å²) in [6.07, 6.45) is 6.66. The molecule has 1 saturated heterocycles. The van der Waals surface area contributed by atoms with E-state index in [4.69, 9.17) is 19.9 Å².